The molecule has 1 nitrogen and oxygen atoms in total. The van der Waals surface area contributed by atoms with E-state index in [1.807, 2.05) is 0 Å². The van der Waals surface area contributed by atoms with Crippen LogP contribution in [0.25, 0.3) is 0 Å². The average molecular weight is 176 g/mol. The maximum Gasteiger partial charge on any atom is 0.0130 e. The van der Waals surface area contributed by atoms with Crippen LogP contribution in [0.2, 0.25) is 0 Å². The van der Waals surface area contributed by atoms with Crippen molar-refractivity contribution in [2.45, 2.75) is 12.8 Å². The van der Waals surface area contributed by atoms with Crippen LogP contribution in [0.5, 0.6) is 0 Å². The van der Waals surface area contributed by atoms with Crippen LogP contribution in [0.15, 0.2) is 12.2 Å². The standard InChI is InChI=1S/C6H10BrN/c1-6-2-4-8(7)5-3-6/h1-5H2. The number of rotatable bonds is 0. The molecule has 8 heavy (non-hydrogen) atoms. The number of halogens is 1. The Morgan fingerprint density at radius 3 is 2.25 bits per heavy atom. The highest BCUT2D eigenvalue weighted by Crippen LogP contribution is 2.15. The summed E-state index contributed by atoms with van der Waals surface area (Å²) in [5, 5.41) is 0. The predicted octanol–water partition coefficient (Wildman–Crippen LogP) is 1.95. The van der Waals surface area contributed by atoms with E-state index in [4.69, 9.17) is 0 Å². The van der Waals surface area contributed by atoms with Crippen LogP contribution in [0.4, 0.5) is 0 Å². The van der Waals surface area contributed by atoms with Gasteiger partial charge in [-0.05, 0) is 12.8 Å². The van der Waals surface area contributed by atoms with Gasteiger partial charge in [0.1, 0.15) is 0 Å². The summed E-state index contributed by atoms with van der Waals surface area (Å²) in [6.07, 6.45) is 2.32. The maximum absolute atomic E-state index is 3.90. The molecule has 0 aromatic rings. The molecule has 1 aliphatic rings. The van der Waals surface area contributed by atoms with Gasteiger partial charge in [0.15, 0.2) is 0 Å². The van der Waals surface area contributed by atoms with Crippen molar-refractivity contribution < 1.29 is 0 Å². The van der Waals surface area contributed by atoms with Crippen molar-refractivity contribution in [2.75, 3.05) is 13.1 Å². The molecule has 1 heterocycles. The second-order valence-electron chi connectivity index (χ2n) is 2.16. The molecule has 1 aliphatic heterocycles. The summed E-state index contributed by atoms with van der Waals surface area (Å²) >= 11 is 3.41. The highest BCUT2D eigenvalue weighted by atomic mass is 79.9. The van der Waals surface area contributed by atoms with E-state index < -0.39 is 0 Å². The highest BCUT2D eigenvalue weighted by Gasteiger charge is 2.07. The van der Waals surface area contributed by atoms with Crippen molar-refractivity contribution in [2.24, 2.45) is 0 Å². The van der Waals surface area contributed by atoms with Gasteiger partial charge in [-0.3, -0.25) is 0 Å². The fourth-order valence-electron chi connectivity index (χ4n) is 0.796. The van der Waals surface area contributed by atoms with Gasteiger partial charge >= 0.3 is 0 Å². The molecular formula is C6H10BrN. The van der Waals surface area contributed by atoms with Crippen molar-refractivity contribution in [3.8, 4) is 0 Å². The summed E-state index contributed by atoms with van der Waals surface area (Å²) in [6.45, 7) is 6.15. The van der Waals surface area contributed by atoms with Gasteiger partial charge in [-0.15, -0.1) is 0 Å². The molecule has 2 heteroatoms. The Balaban J connectivity index is 2.29. The van der Waals surface area contributed by atoms with Crippen molar-refractivity contribution >= 4 is 16.1 Å². The third-order valence-electron chi connectivity index (χ3n) is 1.42. The van der Waals surface area contributed by atoms with Gasteiger partial charge in [0.05, 0.1) is 0 Å². The number of nitrogens with zero attached hydrogens (tertiary/aromatic N) is 1. The van der Waals surface area contributed by atoms with E-state index in [2.05, 4.69) is 26.7 Å². The molecule has 1 rings (SSSR count). The third kappa shape index (κ3) is 1.60. The quantitative estimate of drug-likeness (QED) is 0.402. The Morgan fingerprint density at radius 2 is 1.88 bits per heavy atom. The first kappa shape index (κ1) is 6.30. The second-order valence-corrected chi connectivity index (χ2v) is 3.16. The van der Waals surface area contributed by atoms with Crippen LogP contribution in [0, 0.1) is 0 Å². The molecule has 0 radical (unpaired) electrons. The summed E-state index contributed by atoms with van der Waals surface area (Å²) in [5.41, 5.74) is 1.39. The first-order valence-electron chi connectivity index (χ1n) is 2.86. The lowest BCUT2D eigenvalue weighted by Gasteiger charge is -2.20. The van der Waals surface area contributed by atoms with Gasteiger partial charge in [0.25, 0.3) is 0 Å². The van der Waals surface area contributed by atoms with Crippen LogP contribution in [-0.4, -0.2) is 17.0 Å². The molecule has 0 spiro atoms. The Morgan fingerprint density at radius 1 is 1.38 bits per heavy atom. The molecule has 0 aliphatic carbocycles. The van der Waals surface area contributed by atoms with E-state index in [1.165, 1.54) is 5.57 Å². The predicted molar refractivity (Wildman–Crippen MR) is 38.9 cm³/mol. The molecule has 0 bridgehead atoms. The molecule has 0 saturated carbocycles. The number of hydrogen-bond acceptors (Lipinski definition) is 1. The molecule has 0 atom stereocenters. The maximum atomic E-state index is 3.90. The van der Waals surface area contributed by atoms with Gasteiger partial charge in [0, 0.05) is 29.2 Å². The minimum Gasteiger partial charge on any atom is -0.242 e. The molecule has 0 aromatic carbocycles. The van der Waals surface area contributed by atoms with E-state index >= 15 is 0 Å². The van der Waals surface area contributed by atoms with Crippen molar-refractivity contribution in [3.05, 3.63) is 12.2 Å². The zero-order chi connectivity index (χ0) is 5.98. The molecule has 1 saturated heterocycles. The summed E-state index contributed by atoms with van der Waals surface area (Å²) in [7, 11) is 0. The molecule has 0 amide bonds. The topological polar surface area (TPSA) is 3.24 Å². The third-order valence-corrected chi connectivity index (χ3v) is 2.13. The molecular weight excluding hydrogens is 166 g/mol. The zero-order valence-electron chi connectivity index (χ0n) is 4.86. The number of hydrogen-bond donors (Lipinski definition) is 0. The smallest absolute Gasteiger partial charge is 0.0130 e. The first-order chi connectivity index (χ1) is 3.79. The van der Waals surface area contributed by atoms with Crippen LogP contribution in [0.1, 0.15) is 12.8 Å². The molecule has 1 fully saturated rings. The lowest BCUT2D eigenvalue weighted by molar-refractivity contribution is 0.450. The largest absolute Gasteiger partial charge is 0.242 e. The summed E-state index contributed by atoms with van der Waals surface area (Å²) in [5.74, 6) is 0. The molecule has 0 N–H and O–H groups in total. The lowest BCUT2D eigenvalue weighted by atomic mass is 10.1. The van der Waals surface area contributed by atoms with E-state index in [0.29, 0.717) is 0 Å². The van der Waals surface area contributed by atoms with Gasteiger partial charge in [-0.25, -0.2) is 3.93 Å². The molecule has 0 unspecified atom stereocenters. The molecule has 0 aromatic heterocycles. The van der Waals surface area contributed by atoms with Crippen LogP contribution >= 0.6 is 16.1 Å². The van der Waals surface area contributed by atoms with Gasteiger partial charge in [-0.2, -0.15) is 0 Å². The van der Waals surface area contributed by atoms with E-state index in [-0.39, 0.29) is 0 Å². The van der Waals surface area contributed by atoms with Crippen LogP contribution in [-0.2, 0) is 0 Å². The minimum atomic E-state index is 1.12. The minimum absolute atomic E-state index is 1.12. The summed E-state index contributed by atoms with van der Waals surface area (Å²) in [4.78, 5) is 0. The van der Waals surface area contributed by atoms with Crippen LogP contribution in [0.3, 0.4) is 0 Å². The van der Waals surface area contributed by atoms with E-state index in [0.717, 1.165) is 25.9 Å². The van der Waals surface area contributed by atoms with Crippen molar-refractivity contribution in [1.82, 2.24) is 3.93 Å². The van der Waals surface area contributed by atoms with Crippen molar-refractivity contribution in [1.29, 1.82) is 0 Å². The van der Waals surface area contributed by atoms with Gasteiger partial charge in [0.2, 0.25) is 0 Å². The summed E-state index contributed by atoms with van der Waals surface area (Å²) in [6, 6.07) is 0. The van der Waals surface area contributed by atoms with Crippen LogP contribution < -0.4 is 0 Å². The summed E-state index contributed by atoms with van der Waals surface area (Å²) < 4.78 is 2.15. The average Bonchev–Trinajstić information content (AvgIpc) is 1.77. The van der Waals surface area contributed by atoms with E-state index in [9.17, 15) is 0 Å². The molecule has 46 valence electrons. The fourth-order valence-corrected chi connectivity index (χ4v) is 1.15. The van der Waals surface area contributed by atoms with Gasteiger partial charge < -0.3 is 0 Å². The van der Waals surface area contributed by atoms with Gasteiger partial charge in [-0.1, -0.05) is 12.2 Å². The number of piperidine rings is 1. The Kier molecular flexibility index (Phi) is 2.08. The zero-order valence-corrected chi connectivity index (χ0v) is 6.45. The first-order valence-corrected chi connectivity index (χ1v) is 3.57. The highest BCUT2D eigenvalue weighted by molar-refractivity contribution is 9.07. The second kappa shape index (κ2) is 2.65. The SMILES string of the molecule is C=C1CCN(Br)CC1. The van der Waals surface area contributed by atoms with E-state index in [1.54, 1.807) is 0 Å². The lowest BCUT2D eigenvalue weighted by Crippen LogP contribution is -2.20. The Bertz CT molecular complexity index is 90.7. The normalized spacial score (nSPS) is 23.9. The monoisotopic (exact) mass is 175 g/mol. The Hall–Kier alpha value is 0.180. The Labute approximate surface area is 58.7 Å². The van der Waals surface area contributed by atoms with Crippen molar-refractivity contribution in [3.63, 3.8) is 0 Å². The fraction of sp³-hybridized carbons (Fsp3) is 0.667.